The van der Waals surface area contributed by atoms with Crippen LogP contribution in [-0.4, -0.2) is 49.1 Å². The van der Waals surface area contributed by atoms with Crippen molar-refractivity contribution in [3.8, 4) is 11.1 Å². The topological polar surface area (TPSA) is 35.6 Å². The van der Waals surface area contributed by atoms with E-state index < -0.39 is 0 Å². The summed E-state index contributed by atoms with van der Waals surface area (Å²) in [6, 6.07) is 18.7. The van der Waals surface area contributed by atoms with Gasteiger partial charge < -0.3 is 10.2 Å². The van der Waals surface area contributed by atoms with E-state index >= 15 is 0 Å². The zero-order chi connectivity index (χ0) is 19.5. The molecule has 4 rings (SSSR count). The standard InChI is InChI=1S/C24H31N3O/c1-18-5-3-6-20(15-18)21-7-4-8-24(16-21)26-13-10-23(11-14-26)27-12-9-22(17-27)25-19(2)28/h3-8,15-16,22-23H,9-14,17H2,1-2H3,(H,25,28)/t22-/m1/s1. The number of rotatable bonds is 4. The minimum absolute atomic E-state index is 0.0927. The normalized spacial score (nSPS) is 21.1. The van der Waals surface area contributed by atoms with Crippen molar-refractivity contribution in [3.05, 3.63) is 54.1 Å². The molecule has 1 atom stereocenters. The van der Waals surface area contributed by atoms with Gasteiger partial charge in [-0.3, -0.25) is 9.69 Å². The van der Waals surface area contributed by atoms with Crippen LogP contribution in [0.25, 0.3) is 11.1 Å². The Hall–Kier alpha value is -2.33. The number of hydrogen-bond donors (Lipinski definition) is 1. The quantitative estimate of drug-likeness (QED) is 0.879. The second-order valence-corrected chi connectivity index (χ2v) is 8.32. The average molecular weight is 378 g/mol. The van der Waals surface area contributed by atoms with Gasteiger partial charge in [-0.05, 0) is 49.4 Å². The fraction of sp³-hybridized carbons (Fsp3) is 0.458. The van der Waals surface area contributed by atoms with Gasteiger partial charge in [-0.1, -0.05) is 42.0 Å². The van der Waals surface area contributed by atoms with E-state index in [0.29, 0.717) is 12.1 Å². The molecular weight excluding hydrogens is 346 g/mol. The Bertz CT molecular complexity index is 826. The maximum Gasteiger partial charge on any atom is 0.217 e. The van der Waals surface area contributed by atoms with Crippen LogP contribution in [0, 0.1) is 6.92 Å². The molecule has 1 N–H and O–H groups in total. The van der Waals surface area contributed by atoms with Gasteiger partial charge in [-0.15, -0.1) is 0 Å². The number of anilines is 1. The van der Waals surface area contributed by atoms with Crippen LogP contribution in [0.4, 0.5) is 5.69 Å². The summed E-state index contributed by atoms with van der Waals surface area (Å²) in [4.78, 5) is 16.4. The van der Waals surface area contributed by atoms with Crippen molar-refractivity contribution in [2.45, 2.75) is 45.2 Å². The second-order valence-electron chi connectivity index (χ2n) is 8.32. The third kappa shape index (κ3) is 4.39. The largest absolute Gasteiger partial charge is 0.371 e. The van der Waals surface area contributed by atoms with Crippen LogP contribution in [-0.2, 0) is 4.79 Å². The summed E-state index contributed by atoms with van der Waals surface area (Å²) in [6.45, 7) is 8.08. The Kier molecular flexibility index (Phi) is 5.67. The fourth-order valence-electron chi connectivity index (χ4n) is 4.72. The molecule has 0 unspecified atom stereocenters. The molecular formula is C24H31N3O. The average Bonchev–Trinajstić information content (AvgIpc) is 3.16. The van der Waals surface area contributed by atoms with E-state index in [2.05, 4.69) is 70.6 Å². The van der Waals surface area contributed by atoms with Crippen molar-refractivity contribution >= 4 is 11.6 Å². The molecule has 2 saturated heterocycles. The van der Waals surface area contributed by atoms with Crippen LogP contribution in [0.15, 0.2) is 48.5 Å². The molecule has 28 heavy (non-hydrogen) atoms. The van der Waals surface area contributed by atoms with Crippen molar-refractivity contribution < 1.29 is 4.79 Å². The van der Waals surface area contributed by atoms with E-state index in [1.807, 2.05) is 0 Å². The first-order valence-electron chi connectivity index (χ1n) is 10.5. The van der Waals surface area contributed by atoms with E-state index in [0.717, 1.165) is 32.6 Å². The van der Waals surface area contributed by atoms with Gasteiger partial charge in [0.05, 0.1) is 0 Å². The van der Waals surface area contributed by atoms with E-state index in [1.54, 1.807) is 6.92 Å². The van der Waals surface area contributed by atoms with Gasteiger partial charge in [0.1, 0.15) is 0 Å². The van der Waals surface area contributed by atoms with Crippen LogP contribution in [0.1, 0.15) is 31.7 Å². The first kappa shape index (κ1) is 19.0. The zero-order valence-electron chi connectivity index (χ0n) is 17.0. The third-order valence-electron chi connectivity index (χ3n) is 6.17. The Morgan fingerprint density at radius 2 is 1.68 bits per heavy atom. The Labute approximate surface area is 168 Å². The van der Waals surface area contributed by atoms with E-state index in [-0.39, 0.29) is 5.91 Å². The summed E-state index contributed by atoms with van der Waals surface area (Å²) < 4.78 is 0. The van der Waals surface area contributed by atoms with E-state index in [9.17, 15) is 4.79 Å². The Balaban J connectivity index is 1.37. The highest BCUT2D eigenvalue weighted by Gasteiger charge is 2.31. The predicted molar refractivity (Wildman–Crippen MR) is 116 cm³/mol. The van der Waals surface area contributed by atoms with E-state index in [4.69, 9.17) is 0 Å². The number of piperidine rings is 1. The Morgan fingerprint density at radius 3 is 2.39 bits per heavy atom. The molecule has 0 aliphatic carbocycles. The van der Waals surface area contributed by atoms with Crippen molar-refractivity contribution in [2.24, 2.45) is 0 Å². The van der Waals surface area contributed by atoms with Gasteiger partial charge in [0.2, 0.25) is 5.91 Å². The highest BCUT2D eigenvalue weighted by atomic mass is 16.1. The maximum atomic E-state index is 11.3. The van der Waals surface area contributed by atoms with Crippen LogP contribution < -0.4 is 10.2 Å². The lowest BCUT2D eigenvalue weighted by Crippen LogP contribution is -2.45. The number of nitrogens with zero attached hydrogens (tertiary/aromatic N) is 2. The lowest BCUT2D eigenvalue weighted by atomic mass is 10.0. The SMILES string of the molecule is CC(=O)N[C@@H]1CCN(C2CCN(c3cccc(-c4cccc(C)c4)c3)CC2)C1. The zero-order valence-corrected chi connectivity index (χ0v) is 17.0. The molecule has 0 saturated carbocycles. The monoisotopic (exact) mass is 377 g/mol. The van der Waals surface area contributed by atoms with Gasteiger partial charge in [0, 0.05) is 50.9 Å². The van der Waals surface area contributed by atoms with Gasteiger partial charge >= 0.3 is 0 Å². The van der Waals surface area contributed by atoms with Crippen molar-refractivity contribution in [2.75, 3.05) is 31.1 Å². The molecule has 2 heterocycles. The number of likely N-dealkylation sites (tertiary alicyclic amines) is 1. The maximum absolute atomic E-state index is 11.3. The minimum atomic E-state index is 0.0927. The van der Waals surface area contributed by atoms with Crippen molar-refractivity contribution in [1.29, 1.82) is 0 Å². The molecule has 1 amide bonds. The van der Waals surface area contributed by atoms with Crippen LogP contribution in [0.5, 0.6) is 0 Å². The highest BCUT2D eigenvalue weighted by Crippen LogP contribution is 2.29. The summed E-state index contributed by atoms with van der Waals surface area (Å²) in [5.41, 5.74) is 5.21. The molecule has 0 bridgehead atoms. The highest BCUT2D eigenvalue weighted by molar-refractivity contribution is 5.73. The van der Waals surface area contributed by atoms with Crippen LogP contribution >= 0.6 is 0 Å². The summed E-state index contributed by atoms with van der Waals surface area (Å²) in [7, 11) is 0. The molecule has 0 radical (unpaired) electrons. The smallest absolute Gasteiger partial charge is 0.217 e. The molecule has 0 spiro atoms. The number of hydrogen-bond acceptors (Lipinski definition) is 3. The number of nitrogens with one attached hydrogen (secondary N) is 1. The molecule has 2 aliphatic heterocycles. The molecule has 2 aromatic carbocycles. The molecule has 4 heteroatoms. The number of carbonyl (C=O) groups is 1. The molecule has 148 valence electrons. The van der Waals surface area contributed by atoms with Crippen molar-refractivity contribution in [3.63, 3.8) is 0 Å². The first-order chi connectivity index (χ1) is 13.6. The summed E-state index contributed by atoms with van der Waals surface area (Å²) in [5, 5.41) is 3.08. The molecule has 2 aromatic rings. The molecule has 4 nitrogen and oxygen atoms in total. The second kappa shape index (κ2) is 8.36. The fourth-order valence-corrected chi connectivity index (χ4v) is 4.72. The summed E-state index contributed by atoms with van der Waals surface area (Å²) >= 11 is 0. The minimum Gasteiger partial charge on any atom is -0.371 e. The number of benzene rings is 2. The van der Waals surface area contributed by atoms with E-state index in [1.165, 1.54) is 35.2 Å². The lowest BCUT2D eigenvalue weighted by Gasteiger charge is -2.38. The first-order valence-corrected chi connectivity index (χ1v) is 10.5. The lowest BCUT2D eigenvalue weighted by molar-refractivity contribution is -0.119. The van der Waals surface area contributed by atoms with Gasteiger partial charge in [0.25, 0.3) is 0 Å². The predicted octanol–water partition coefficient (Wildman–Crippen LogP) is 3.84. The van der Waals surface area contributed by atoms with Gasteiger partial charge in [-0.2, -0.15) is 0 Å². The van der Waals surface area contributed by atoms with Gasteiger partial charge in [-0.25, -0.2) is 0 Å². The summed E-state index contributed by atoms with van der Waals surface area (Å²) in [6.07, 6.45) is 3.47. The van der Waals surface area contributed by atoms with Crippen LogP contribution in [0.2, 0.25) is 0 Å². The number of amides is 1. The molecule has 2 aliphatic rings. The Morgan fingerprint density at radius 1 is 0.964 bits per heavy atom. The number of carbonyl (C=O) groups excluding carboxylic acids is 1. The van der Waals surface area contributed by atoms with Crippen LogP contribution in [0.3, 0.4) is 0 Å². The van der Waals surface area contributed by atoms with Gasteiger partial charge in [0.15, 0.2) is 0 Å². The molecule has 0 aromatic heterocycles. The number of aryl methyl sites for hydroxylation is 1. The third-order valence-corrected chi connectivity index (χ3v) is 6.17. The molecule has 2 fully saturated rings. The van der Waals surface area contributed by atoms with Crippen molar-refractivity contribution in [1.82, 2.24) is 10.2 Å². The summed E-state index contributed by atoms with van der Waals surface area (Å²) in [5.74, 6) is 0.0927.